The lowest BCUT2D eigenvalue weighted by Crippen LogP contribution is -2.50. The molecule has 0 saturated heterocycles. The zero-order valence-electron chi connectivity index (χ0n) is 24.4. The number of benzene rings is 3. The van der Waals surface area contributed by atoms with Crippen molar-refractivity contribution in [3.05, 3.63) is 95.6 Å². The Morgan fingerprint density at radius 2 is 1.56 bits per heavy atom. The Balaban J connectivity index is 1.83. The normalized spacial score (nSPS) is 11.9. The van der Waals surface area contributed by atoms with Gasteiger partial charge in [-0.2, -0.15) is 0 Å². The van der Waals surface area contributed by atoms with Gasteiger partial charge in [0.05, 0.1) is 18.6 Å². The van der Waals surface area contributed by atoms with Crippen molar-refractivity contribution in [2.45, 2.75) is 52.6 Å². The van der Waals surface area contributed by atoms with Crippen LogP contribution in [0.4, 0.5) is 5.69 Å². The highest BCUT2D eigenvalue weighted by atomic mass is 32.2. The number of amides is 2. The molecule has 41 heavy (non-hydrogen) atoms. The summed E-state index contributed by atoms with van der Waals surface area (Å²) >= 11 is 0. The summed E-state index contributed by atoms with van der Waals surface area (Å²) in [4.78, 5) is 28.7. The van der Waals surface area contributed by atoms with Crippen LogP contribution in [0.5, 0.6) is 5.75 Å². The van der Waals surface area contributed by atoms with E-state index in [4.69, 9.17) is 4.74 Å². The third kappa shape index (κ3) is 9.63. The van der Waals surface area contributed by atoms with E-state index in [1.807, 2.05) is 75.4 Å². The summed E-state index contributed by atoms with van der Waals surface area (Å²) in [7, 11) is -3.59. The van der Waals surface area contributed by atoms with Gasteiger partial charge in [0.25, 0.3) is 0 Å². The smallest absolute Gasteiger partial charge is 0.243 e. The molecule has 3 aromatic carbocycles. The molecule has 220 valence electrons. The molecule has 0 aliphatic rings. The minimum Gasteiger partial charge on any atom is -0.494 e. The van der Waals surface area contributed by atoms with E-state index in [1.54, 1.807) is 29.2 Å². The van der Waals surface area contributed by atoms with Gasteiger partial charge in [-0.1, -0.05) is 60.2 Å². The number of aryl methyl sites for hydroxylation is 1. The van der Waals surface area contributed by atoms with Crippen LogP contribution < -0.4 is 14.4 Å². The molecule has 0 bridgehead atoms. The van der Waals surface area contributed by atoms with Crippen LogP contribution in [0.25, 0.3) is 0 Å². The predicted molar refractivity (Wildman–Crippen MR) is 163 cm³/mol. The van der Waals surface area contributed by atoms with Gasteiger partial charge in [0, 0.05) is 32.5 Å². The maximum Gasteiger partial charge on any atom is 0.243 e. The number of carbonyl (C=O) groups excluding carboxylic acids is 2. The molecule has 0 aliphatic heterocycles. The molecule has 0 aromatic heterocycles. The summed E-state index contributed by atoms with van der Waals surface area (Å²) in [6, 6.07) is 23.7. The van der Waals surface area contributed by atoms with Crippen molar-refractivity contribution in [1.29, 1.82) is 0 Å². The van der Waals surface area contributed by atoms with Crippen molar-refractivity contribution in [2.24, 2.45) is 0 Å². The summed E-state index contributed by atoms with van der Waals surface area (Å²) in [5, 5.41) is 2.89. The number of hydrogen-bond donors (Lipinski definition) is 1. The lowest BCUT2D eigenvalue weighted by molar-refractivity contribution is -0.141. The van der Waals surface area contributed by atoms with Gasteiger partial charge in [0.1, 0.15) is 11.8 Å². The molecule has 3 rings (SSSR count). The Bertz CT molecular complexity index is 1360. The highest BCUT2D eigenvalue weighted by molar-refractivity contribution is 7.92. The molecule has 1 N–H and O–H groups in total. The summed E-state index contributed by atoms with van der Waals surface area (Å²) in [6.07, 6.45) is 1.89. The van der Waals surface area contributed by atoms with E-state index < -0.39 is 16.1 Å². The van der Waals surface area contributed by atoms with Gasteiger partial charge in [-0.25, -0.2) is 8.42 Å². The average Bonchev–Trinajstić information content (AvgIpc) is 2.94. The van der Waals surface area contributed by atoms with Crippen molar-refractivity contribution in [2.75, 3.05) is 30.3 Å². The number of carbonyl (C=O) groups is 2. The van der Waals surface area contributed by atoms with Gasteiger partial charge in [0.15, 0.2) is 0 Å². The number of anilines is 1. The van der Waals surface area contributed by atoms with Crippen molar-refractivity contribution in [1.82, 2.24) is 10.2 Å². The van der Waals surface area contributed by atoms with Crippen LogP contribution in [0.1, 0.15) is 43.4 Å². The second-order valence-electron chi connectivity index (χ2n) is 9.97. The van der Waals surface area contributed by atoms with Crippen molar-refractivity contribution >= 4 is 27.5 Å². The molecule has 0 aliphatic carbocycles. The quantitative estimate of drug-likeness (QED) is 0.281. The zero-order valence-corrected chi connectivity index (χ0v) is 25.2. The summed E-state index contributed by atoms with van der Waals surface area (Å²) in [5.41, 5.74) is 3.47. The summed E-state index contributed by atoms with van der Waals surface area (Å²) < 4.78 is 32.0. The number of nitrogens with one attached hydrogen (secondary N) is 1. The summed E-state index contributed by atoms with van der Waals surface area (Å²) in [5.74, 6) is 0.225. The van der Waals surface area contributed by atoms with E-state index in [-0.39, 0.29) is 37.7 Å². The molecule has 0 spiro atoms. The maximum absolute atomic E-state index is 13.8. The lowest BCUT2D eigenvalue weighted by Gasteiger charge is -2.32. The zero-order chi connectivity index (χ0) is 29.8. The third-order valence-corrected chi connectivity index (χ3v) is 7.88. The molecule has 8 nitrogen and oxygen atoms in total. The molecule has 0 saturated carbocycles. The molecular weight excluding hydrogens is 538 g/mol. The van der Waals surface area contributed by atoms with E-state index >= 15 is 0 Å². The van der Waals surface area contributed by atoms with Gasteiger partial charge >= 0.3 is 0 Å². The van der Waals surface area contributed by atoms with Crippen LogP contribution in [0.2, 0.25) is 0 Å². The SMILES string of the molecule is CCNC(=O)[C@H](Cc1ccccc1)N(Cc1ccc(C)cc1)C(=O)CCCN(c1ccc(OCC)cc1)S(C)(=O)=O. The fourth-order valence-corrected chi connectivity index (χ4v) is 5.58. The Morgan fingerprint density at radius 3 is 2.15 bits per heavy atom. The fraction of sp³-hybridized carbons (Fsp3) is 0.375. The minimum absolute atomic E-state index is 0.0829. The second-order valence-corrected chi connectivity index (χ2v) is 11.9. The number of ether oxygens (including phenoxy) is 1. The van der Waals surface area contributed by atoms with E-state index in [2.05, 4.69) is 5.32 Å². The Hall–Kier alpha value is -3.85. The number of rotatable bonds is 15. The molecule has 0 fully saturated rings. The number of hydrogen-bond acceptors (Lipinski definition) is 5. The first-order chi connectivity index (χ1) is 19.6. The van der Waals surface area contributed by atoms with E-state index in [1.165, 1.54) is 4.31 Å². The van der Waals surface area contributed by atoms with Crippen molar-refractivity contribution in [3.8, 4) is 5.75 Å². The first-order valence-corrected chi connectivity index (χ1v) is 15.8. The van der Waals surface area contributed by atoms with Gasteiger partial charge in [-0.05, 0) is 62.6 Å². The van der Waals surface area contributed by atoms with Crippen LogP contribution in [-0.4, -0.2) is 57.1 Å². The highest BCUT2D eigenvalue weighted by Gasteiger charge is 2.30. The van der Waals surface area contributed by atoms with E-state index in [9.17, 15) is 18.0 Å². The fourth-order valence-electron chi connectivity index (χ4n) is 4.62. The number of likely N-dealkylation sites (N-methyl/N-ethyl adjacent to an activating group) is 1. The maximum atomic E-state index is 13.8. The molecule has 0 heterocycles. The van der Waals surface area contributed by atoms with Crippen LogP contribution >= 0.6 is 0 Å². The number of sulfonamides is 1. The van der Waals surface area contributed by atoms with Gasteiger partial charge in [-0.3, -0.25) is 13.9 Å². The molecule has 0 radical (unpaired) electrons. The standard InChI is InChI=1S/C32H41N3O5S/c1-5-33-32(37)30(23-26-11-8-7-9-12-26)34(24-27-16-14-25(3)15-17-27)31(36)13-10-22-35(41(4,38)39)28-18-20-29(21-19-28)40-6-2/h7-9,11-12,14-21,30H,5-6,10,13,22-24H2,1-4H3,(H,33,37)/t30-/m0/s1. The minimum atomic E-state index is -3.59. The third-order valence-electron chi connectivity index (χ3n) is 6.68. The van der Waals surface area contributed by atoms with Gasteiger partial charge < -0.3 is 15.0 Å². The van der Waals surface area contributed by atoms with Crippen LogP contribution in [-0.2, 0) is 32.6 Å². The van der Waals surface area contributed by atoms with Crippen molar-refractivity contribution in [3.63, 3.8) is 0 Å². The van der Waals surface area contributed by atoms with Crippen LogP contribution in [0.15, 0.2) is 78.9 Å². The van der Waals surface area contributed by atoms with Crippen molar-refractivity contribution < 1.29 is 22.7 Å². The lowest BCUT2D eigenvalue weighted by atomic mass is 10.0. The Morgan fingerprint density at radius 1 is 0.902 bits per heavy atom. The largest absolute Gasteiger partial charge is 0.494 e. The van der Waals surface area contributed by atoms with Gasteiger partial charge in [0.2, 0.25) is 21.8 Å². The summed E-state index contributed by atoms with van der Waals surface area (Å²) in [6.45, 7) is 7.08. The molecule has 1 atom stereocenters. The monoisotopic (exact) mass is 579 g/mol. The second kappa shape index (κ2) is 15.2. The Labute approximate surface area is 244 Å². The number of nitrogens with zero attached hydrogens (tertiary/aromatic N) is 2. The first-order valence-electron chi connectivity index (χ1n) is 14.0. The molecular formula is C32H41N3O5S. The highest BCUT2D eigenvalue weighted by Crippen LogP contribution is 2.23. The molecule has 2 amide bonds. The molecule has 0 unspecified atom stereocenters. The predicted octanol–water partition coefficient (Wildman–Crippen LogP) is 4.72. The molecule has 9 heteroatoms. The van der Waals surface area contributed by atoms with E-state index in [0.717, 1.165) is 22.9 Å². The van der Waals surface area contributed by atoms with E-state index in [0.29, 0.717) is 31.0 Å². The van der Waals surface area contributed by atoms with Crippen LogP contribution in [0.3, 0.4) is 0 Å². The van der Waals surface area contributed by atoms with Crippen LogP contribution in [0, 0.1) is 6.92 Å². The molecule has 3 aromatic rings. The Kier molecular flexibility index (Phi) is 11.8. The van der Waals surface area contributed by atoms with Gasteiger partial charge in [-0.15, -0.1) is 0 Å². The topological polar surface area (TPSA) is 96.0 Å². The first kappa shape index (κ1) is 31.7. The average molecular weight is 580 g/mol.